The maximum Gasteiger partial charge on any atom is 0.276 e. The van der Waals surface area contributed by atoms with Crippen molar-refractivity contribution in [3.05, 3.63) is 75.9 Å². The highest BCUT2D eigenvalue weighted by atomic mass is 35.5. The minimum absolute atomic E-state index is 0.204. The van der Waals surface area contributed by atoms with Crippen LogP contribution >= 0.6 is 11.6 Å². The van der Waals surface area contributed by atoms with Crippen LogP contribution in [0.1, 0.15) is 27.2 Å². The summed E-state index contributed by atoms with van der Waals surface area (Å²) < 4.78 is 5.27. The van der Waals surface area contributed by atoms with Crippen molar-refractivity contribution in [2.45, 2.75) is 20.4 Å². The maximum absolute atomic E-state index is 12.5. The van der Waals surface area contributed by atoms with Crippen molar-refractivity contribution in [1.29, 1.82) is 0 Å². The third kappa shape index (κ3) is 4.78. The average molecular weight is 397 g/mol. The zero-order chi connectivity index (χ0) is 20.1. The number of aromatic nitrogens is 2. The molecule has 0 aliphatic heterocycles. The SMILES string of the molecule is COc1cc(Cl)c(C)cc1NC(=O)c1ccc(NCc2cccc(C)c2)nn1. The van der Waals surface area contributed by atoms with Gasteiger partial charge in [-0.15, -0.1) is 10.2 Å². The molecule has 28 heavy (non-hydrogen) atoms. The molecule has 144 valence electrons. The summed E-state index contributed by atoms with van der Waals surface area (Å²) in [5.41, 5.74) is 3.91. The second-order valence-corrected chi connectivity index (χ2v) is 6.81. The molecule has 2 aromatic carbocycles. The molecule has 3 aromatic rings. The molecule has 1 heterocycles. The van der Waals surface area contributed by atoms with Crippen LogP contribution in [0.5, 0.6) is 5.75 Å². The van der Waals surface area contributed by atoms with Gasteiger partial charge in [-0.3, -0.25) is 4.79 Å². The summed E-state index contributed by atoms with van der Waals surface area (Å²) in [6, 6.07) is 15.0. The Morgan fingerprint density at radius 1 is 1.11 bits per heavy atom. The molecule has 7 heteroatoms. The van der Waals surface area contributed by atoms with Gasteiger partial charge in [0.05, 0.1) is 12.8 Å². The molecule has 0 radical (unpaired) electrons. The Morgan fingerprint density at radius 3 is 2.61 bits per heavy atom. The molecule has 0 unspecified atom stereocenters. The fourth-order valence-corrected chi connectivity index (χ4v) is 2.83. The monoisotopic (exact) mass is 396 g/mol. The summed E-state index contributed by atoms with van der Waals surface area (Å²) in [5.74, 6) is 0.698. The van der Waals surface area contributed by atoms with Gasteiger partial charge in [-0.05, 0) is 43.2 Å². The lowest BCUT2D eigenvalue weighted by Gasteiger charge is -2.12. The first-order valence-electron chi connectivity index (χ1n) is 8.75. The lowest BCUT2D eigenvalue weighted by Crippen LogP contribution is -2.15. The number of aryl methyl sites for hydroxylation is 2. The summed E-state index contributed by atoms with van der Waals surface area (Å²) >= 11 is 6.10. The van der Waals surface area contributed by atoms with Crippen LogP contribution in [-0.4, -0.2) is 23.2 Å². The van der Waals surface area contributed by atoms with Gasteiger partial charge >= 0.3 is 0 Å². The molecule has 1 aromatic heterocycles. The highest BCUT2D eigenvalue weighted by Crippen LogP contribution is 2.31. The number of amides is 1. The van der Waals surface area contributed by atoms with Crippen LogP contribution in [0, 0.1) is 13.8 Å². The lowest BCUT2D eigenvalue weighted by molar-refractivity contribution is 0.102. The zero-order valence-electron chi connectivity index (χ0n) is 15.9. The number of halogens is 1. The van der Waals surface area contributed by atoms with Gasteiger partial charge in [-0.25, -0.2) is 0 Å². The van der Waals surface area contributed by atoms with E-state index in [2.05, 4.69) is 26.9 Å². The molecule has 0 atom stereocenters. The molecule has 0 aliphatic carbocycles. The Morgan fingerprint density at radius 2 is 1.93 bits per heavy atom. The van der Waals surface area contributed by atoms with Gasteiger partial charge in [0.2, 0.25) is 0 Å². The third-order valence-corrected chi connectivity index (χ3v) is 4.59. The number of anilines is 2. The molecule has 0 spiro atoms. The van der Waals surface area contributed by atoms with E-state index in [1.54, 1.807) is 24.3 Å². The van der Waals surface area contributed by atoms with Gasteiger partial charge in [0.1, 0.15) is 11.6 Å². The minimum atomic E-state index is -0.377. The number of ether oxygens (including phenoxy) is 1. The van der Waals surface area contributed by atoms with E-state index in [1.165, 1.54) is 12.7 Å². The van der Waals surface area contributed by atoms with E-state index in [0.717, 1.165) is 11.1 Å². The first-order valence-corrected chi connectivity index (χ1v) is 9.12. The molecule has 3 rings (SSSR count). The van der Waals surface area contributed by atoms with Crippen LogP contribution < -0.4 is 15.4 Å². The Balaban J connectivity index is 1.66. The van der Waals surface area contributed by atoms with Crippen molar-refractivity contribution in [3.63, 3.8) is 0 Å². The van der Waals surface area contributed by atoms with Crippen molar-refractivity contribution in [2.75, 3.05) is 17.7 Å². The lowest BCUT2D eigenvalue weighted by atomic mass is 10.1. The smallest absolute Gasteiger partial charge is 0.276 e. The van der Waals surface area contributed by atoms with Gasteiger partial charge in [-0.2, -0.15) is 0 Å². The molecule has 0 bridgehead atoms. The molecular formula is C21H21ClN4O2. The van der Waals surface area contributed by atoms with Crippen LogP contribution in [0.25, 0.3) is 0 Å². The quantitative estimate of drug-likeness (QED) is 0.635. The fourth-order valence-electron chi connectivity index (χ4n) is 2.68. The van der Waals surface area contributed by atoms with Crippen LogP contribution in [0.15, 0.2) is 48.5 Å². The Labute approximate surface area is 168 Å². The minimum Gasteiger partial charge on any atom is -0.495 e. The Kier molecular flexibility index (Phi) is 6.11. The van der Waals surface area contributed by atoms with E-state index in [9.17, 15) is 4.79 Å². The van der Waals surface area contributed by atoms with Crippen molar-refractivity contribution in [1.82, 2.24) is 10.2 Å². The van der Waals surface area contributed by atoms with E-state index in [-0.39, 0.29) is 11.6 Å². The first kappa shape index (κ1) is 19.6. The van der Waals surface area contributed by atoms with Gasteiger partial charge in [-0.1, -0.05) is 41.4 Å². The number of rotatable bonds is 6. The van der Waals surface area contributed by atoms with Crippen molar-refractivity contribution >= 4 is 29.0 Å². The van der Waals surface area contributed by atoms with E-state index in [4.69, 9.17) is 16.3 Å². The Hall–Kier alpha value is -3.12. The fraction of sp³-hybridized carbons (Fsp3) is 0.190. The highest BCUT2D eigenvalue weighted by molar-refractivity contribution is 6.31. The number of carbonyl (C=O) groups excluding carboxylic acids is 1. The number of hydrogen-bond donors (Lipinski definition) is 2. The summed E-state index contributed by atoms with van der Waals surface area (Å²) in [5, 5.41) is 14.6. The maximum atomic E-state index is 12.5. The summed E-state index contributed by atoms with van der Waals surface area (Å²) in [7, 11) is 1.52. The van der Waals surface area contributed by atoms with E-state index < -0.39 is 0 Å². The third-order valence-electron chi connectivity index (χ3n) is 4.18. The number of methoxy groups -OCH3 is 1. The van der Waals surface area contributed by atoms with Gasteiger partial charge in [0, 0.05) is 17.6 Å². The molecule has 2 N–H and O–H groups in total. The molecule has 0 saturated carbocycles. The average Bonchev–Trinajstić information content (AvgIpc) is 2.69. The molecule has 1 amide bonds. The Bertz CT molecular complexity index is 990. The van der Waals surface area contributed by atoms with Crippen LogP contribution in [0.4, 0.5) is 11.5 Å². The second kappa shape index (κ2) is 8.71. The molecule has 0 aliphatic rings. The van der Waals surface area contributed by atoms with Crippen LogP contribution in [0.2, 0.25) is 5.02 Å². The van der Waals surface area contributed by atoms with Gasteiger partial charge in [0.25, 0.3) is 5.91 Å². The van der Waals surface area contributed by atoms with Crippen molar-refractivity contribution < 1.29 is 9.53 Å². The topological polar surface area (TPSA) is 76.1 Å². The summed E-state index contributed by atoms with van der Waals surface area (Å²) in [6.45, 7) is 4.53. The molecule has 0 fully saturated rings. The van der Waals surface area contributed by atoms with Crippen molar-refractivity contribution in [2.24, 2.45) is 0 Å². The number of nitrogens with zero attached hydrogens (tertiary/aromatic N) is 2. The van der Waals surface area contributed by atoms with E-state index in [1.807, 2.05) is 32.0 Å². The van der Waals surface area contributed by atoms with Gasteiger partial charge < -0.3 is 15.4 Å². The number of hydrogen-bond acceptors (Lipinski definition) is 5. The predicted octanol–water partition coefficient (Wildman–Crippen LogP) is 4.62. The molecular weight excluding hydrogens is 376 g/mol. The summed E-state index contributed by atoms with van der Waals surface area (Å²) in [6.07, 6.45) is 0. The largest absolute Gasteiger partial charge is 0.495 e. The van der Waals surface area contributed by atoms with Crippen molar-refractivity contribution in [3.8, 4) is 5.75 Å². The van der Waals surface area contributed by atoms with Crippen LogP contribution in [-0.2, 0) is 6.54 Å². The molecule has 6 nitrogen and oxygen atoms in total. The normalized spacial score (nSPS) is 10.4. The van der Waals surface area contributed by atoms with Gasteiger partial charge in [0.15, 0.2) is 5.69 Å². The second-order valence-electron chi connectivity index (χ2n) is 6.40. The zero-order valence-corrected chi connectivity index (χ0v) is 16.7. The molecule has 0 saturated heterocycles. The predicted molar refractivity (Wildman–Crippen MR) is 111 cm³/mol. The number of nitrogens with one attached hydrogen (secondary N) is 2. The van der Waals surface area contributed by atoms with E-state index >= 15 is 0 Å². The standard InChI is InChI=1S/C21H21ClN4O2/c1-13-5-4-6-15(9-13)12-23-20-8-7-17(25-26-20)21(27)24-18-10-14(2)16(22)11-19(18)28-3/h4-11H,12H2,1-3H3,(H,23,26)(H,24,27). The van der Waals surface area contributed by atoms with Crippen LogP contribution in [0.3, 0.4) is 0 Å². The number of benzene rings is 2. The number of carbonyl (C=O) groups is 1. The first-order chi connectivity index (χ1) is 13.5. The van der Waals surface area contributed by atoms with E-state index in [0.29, 0.717) is 28.8 Å². The highest BCUT2D eigenvalue weighted by Gasteiger charge is 2.13. The summed E-state index contributed by atoms with van der Waals surface area (Å²) in [4.78, 5) is 12.5.